The van der Waals surface area contributed by atoms with Gasteiger partial charge in [0.25, 0.3) is 0 Å². The molecule has 1 saturated heterocycles. The van der Waals surface area contributed by atoms with Crippen molar-refractivity contribution in [2.24, 2.45) is 0 Å². The van der Waals surface area contributed by atoms with E-state index in [1.165, 1.54) is 0 Å². The molecule has 0 aliphatic carbocycles. The maximum atomic E-state index is 11.9. The van der Waals surface area contributed by atoms with Gasteiger partial charge >= 0.3 is 0 Å². The number of aromatic nitrogens is 1. The number of hydrogen-bond donors (Lipinski definition) is 1. The van der Waals surface area contributed by atoms with Crippen LogP contribution in [0.2, 0.25) is 0 Å². The highest BCUT2D eigenvalue weighted by atomic mass is 32.1. The number of piperazine rings is 1. The third-order valence-corrected chi connectivity index (χ3v) is 5.25. The average molecular weight is 378 g/mol. The summed E-state index contributed by atoms with van der Waals surface area (Å²) in [6.07, 6.45) is 0. The fourth-order valence-electron chi connectivity index (χ4n) is 2.93. The molecule has 0 saturated carbocycles. The molecule has 0 atom stereocenters. The molecule has 0 bridgehead atoms. The summed E-state index contributed by atoms with van der Waals surface area (Å²) < 4.78 is 10.6. The Morgan fingerprint density at radius 3 is 2.77 bits per heavy atom. The fourth-order valence-corrected chi connectivity index (χ4v) is 3.70. The summed E-state index contributed by atoms with van der Waals surface area (Å²) in [5, 5.41) is 5.90. The second-order valence-corrected chi connectivity index (χ2v) is 7.31. The summed E-state index contributed by atoms with van der Waals surface area (Å²) in [7, 11) is 1.63. The molecule has 3 rings (SSSR count). The molecule has 26 heavy (non-hydrogen) atoms. The minimum atomic E-state index is 0.0633. The molecule has 2 aromatic heterocycles. The van der Waals surface area contributed by atoms with Gasteiger partial charge in [-0.2, -0.15) is 0 Å². The molecular weight excluding hydrogens is 352 g/mol. The highest BCUT2D eigenvalue weighted by molar-refractivity contribution is 7.13. The van der Waals surface area contributed by atoms with Gasteiger partial charge in [-0.15, -0.1) is 11.3 Å². The first-order valence-corrected chi connectivity index (χ1v) is 9.73. The van der Waals surface area contributed by atoms with Gasteiger partial charge in [0.1, 0.15) is 5.76 Å². The van der Waals surface area contributed by atoms with E-state index in [0.29, 0.717) is 19.7 Å². The molecule has 2 aromatic rings. The lowest BCUT2D eigenvalue weighted by molar-refractivity contribution is -0.122. The van der Waals surface area contributed by atoms with Crippen molar-refractivity contribution in [3.63, 3.8) is 0 Å². The van der Waals surface area contributed by atoms with Crippen molar-refractivity contribution in [1.29, 1.82) is 0 Å². The van der Waals surface area contributed by atoms with Crippen molar-refractivity contribution in [2.75, 3.05) is 53.0 Å². The molecule has 8 heteroatoms. The number of amides is 1. The number of aryl methyl sites for hydroxylation is 1. The number of hydrogen-bond acceptors (Lipinski definition) is 7. The summed E-state index contributed by atoms with van der Waals surface area (Å²) in [6, 6.07) is 3.93. The monoisotopic (exact) mass is 378 g/mol. The molecule has 0 aromatic carbocycles. The Balaban J connectivity index is 1.41. The van der Waals surface area contributed by atoms with E-state index in [9.17, 15) is 4.79 Å². The Kier molecular flexibility index (Phi) is 6.79. The summed E-state index contributed by atoms with van der Waals surface area (Å²) in [4.78, 5) is 21.1. The third-order valence-electron chi connectivity index (χ3n) is 4.35. The summed E-state index contributed by atoms with van der Waals surface area (Å²) in [5.41, 5.74) is 1.07. The minimum absolute atomic E-state index is 0.0633. The van der Waals surface area contributed by atoms with Crippen molar-refractivity contribution < 1.29 is 13.9 Å². The SMILES string of the molecule is COCCNC(=O)CN1CCN(Cc2csc(-c3ccc(C)o3)n2)CC1. The van der Waals surface area contributed by atoms with Crippen LogP contribution in [0.1, 0.15) is 11.5 Å². The molecule has 3 heterocycles. The molecule has 1 aliphatic heterocycles. The smallest absolute Gasteiger partial charge is 0.234 e. The zero-order valence-corrected chi connectivity index (χ0v) is 16.2. The van der Waals surface area contributed by atoms with E-state index in [4.69, 9.17) is 14.1 Å². The van der Waals surface area contributed by atoms with Gasteiger partial charge in [-0.3, -0.25) is 14.6 Å². The summed E-state index contributed by atoms with van der Waals surface area (Å²) in [5.74, 6) is 1.80. The van der Waals surface area contributed by atoms with E-state index < -0.39 is 0 Å². The van der Waals surface area contributed by atoms with E-state index in [2.05, 4.69) is 20.5 Å². The van der Waals surface area contributed by atoms with Gasteiger partial charge in [0.05, 0.1) is 18.8 Å². The molecule has 1 N–H and O–H groups in total. The van der Waals surface area contributed by atoms with Gasteiger partial charge in [-0.25, -0.2) is 4.98 Å². The standard InChI is InChI=1S/C18H26N4O3S/c1-14-3-4-16(25-14)18-20-15(13-26-18)11-21-6-8-22(9-7-21)12-17(23)19-5-10-24-2/h3-4,13H,5-12H2,1-2H3,(H,19,23). The van der Waals surface area contributed by atoms with Gasteiger partial charge in [0.15, 0.2) is 10.8 Å². The highest BCUT2D eigenvalue weighted by Gasteiger charge is 2.20. The number of thiazole rings is 1. The topological polar surface area (TPSA) is 70.8 Å². The molecule has 7 nitrogen and oxygen atoms in total. The van der Waals surface area contributed by atoms with Crippen LogP contribution in [-0.4, -0.2) is 73.7 Å². The number of rotatable bonds is 8. The Hall–Kier alpha value is -1.74. The number of carbonyl (C=O) groups is 1. The van der Waals surface area contributed by atoms with Crippen molar-refractivity contribution in [1.82, 2.24) is 20.1 Å². The van der Waals surface area contributed by atoms with Crippen LogP contribution >= 0.6 is 11.3 Å². The molecular formula is C18H26N4O3S. The van der Waals surface area contributed by atoms with Gasteiger partial charge < -0.3 is 14.5 Å². The van der Waals surface area contributed by atoms with E-state index >= 15 is 0 Å². The molecule has 142 valence electrons. The number of carbonyl (C=O) groups excluding carboxylic acids is 1. The highest BCUT2D eigenvalue weighted by Crippen LogP contribution is 2.26. The second-order valence-electron chi connectivity index (χ2n) is 6.45. The van der Waals surface area contributed by atoms with Crippen molar-refractivity contribution in [3.8, 4) is 10.8 Å². The predicted octanol–water partition coefficient (Wildman–Crippen LogP) is 1.59. The molecule has 1 amide bonds. The first kappa shape index (κ1) is 19.0. The van der Waals surface area contributed by atoms with Crippen LogP contribution in [0.3, 0.4) is 0 Å². The van der Waals surface area contributed by atoms with E-state index in [1.807, 2.05) is 19.1 Å². The Morgan fingerprint density at radius 2 is 2.08 bits per heavy atom. The zero-order chi connectivity index (χ0) is 18.4. The lowest BCUT2D eigenvalue weighted by Crippen LogP contribution is -2.49. The number of methoxy groups -OCH3 is 1. The van der Waals surface area contributed by atoms with E-state index in [1.54, 1.807) is 18.4 Å². The Bertz CT molecular complexity index is 707. The number of ether oxygens (including phenoxy) is 1. The number of nitrogens with zero attached hydrogens (tertiary/aromatic N) is 3. The quantitative estimate of drug-likeness (QED) is 0.704. The van der Waals surface area contributed by atoms with Gasteiger partial charge in [0, 0.05) is 51.8 Å². The molecule has 0 unspecified atom stereocenters. The number of nitrogens with one attached hydrogen (secondary N) is 1. The van der Waals surface area contributed by atoms with Crippen LogP contribution in [0.4, 0.5) is 0 Å². The first-order chi connectivity index (χ1) is 12.6. The molecule has 1 aliphatic rings. The average Bonchev–Trinajstić information content (AvgIpc) is 3.26. The minimum Gasteiger partial charge on any atom is -0.459 e. The third kappa shape index (κ3) is 5.38. The second kappa shape index (κ2) is 9.27. The maximum absolute atomic E-state index is 11.9. The zero-order valence-electron chi connectivity index (χ0n) is 15.4. The summed E-state index contributed by atoms with van der Waals surface area (Å²) >= 11 is 1.62. The molecule has 1 fully saturated rings. The van der Waals surface area contributed by atoms with Crippen LogP contribution in [-0.2, 0) is 16.1 Å². The lowest BCUT2D eigenvalue weighted by atomic mass is 10.3. The summed E-state index contributed by atoms with van der Waals surface area (Å²) in [6.45, 7) is 8.02. The maximum Gasteiger partial charge on any atom is 0.234 e. The fraction of sp³-hybridized carbons (Fsp3) is 0.556. The van der Waals surface area contributed by atoms with Crippen molar-refractivity contribution in [2.45, 2.75) is 13.5 Å². The Labute approximate surface area is 157 Å². The Morgan fingerprint density at radius 1 is 1.31 bits per heavy atom. The molecule has 0 radical (unpaired) electrons. The van der Waals surface area contributed by atoms with Crippen LogP contribution in [0.5, 0.6) is 0 Å². The van der Waals surface area contributed by atoms with Crippen molar-refractivity contribution in [3.05, 3.63) is 29.0 Å². The van der Waals surface area contributed by atoms with E-state index in [-0.39, 0.29) is 5.91 Å². The van der Waals surface area contributed by atoms with Gasteiger partial charge in [0.2, 0.25) is 5.91 Å². The van der Waals surface area contributed by atoms with Crippen LogP contribution in [0, 0.1) is 6.92 Å². The van der Waals surface area contributed by atoms with Gasteiger partial charge in [-0.1, -0.05) is 0 Å². The normalized spacial score (nSPS) is 16.1. The predicted molar refractivity (Wildman–Crippen MR) is 101 cm³/mol. The van der Waals surface area contributed by atoms with Crippen molar-refractivity contribution >= 4 is 17.2 Å². The lowest BCUT2D eigenvalue weighted by Gasteiger charge is -2.33. The van der Waals surface area contributed by atoms with Crippen LogP contribution in [0.25, 0.3) is 10.8 Å². The van der Waals surface area contributed by atoms with E-state index in [0.717, 1.165) is 54.9 Å². The first-order valence-electron chi connectivity index (χ1n) is 8.85. The molecule has 0 spiro atoms. The van der Waals surface area contributed by atoms with Gasteiger partial charge in [-0.05, 0) is 19.1 Å². The largest absolute Gasteiger partial charge is 0.459 e. The van der Waals surface area contributed by atoms with Crippen LogP contribution < -0.4 is 5.32 Å². The number of furan rings is 1. The van der Waals surface area contributed by atoms with Crippen LogP contribution in [0.15, 0.2) is 21.9 Å².